The molecule has 2 aliphatic rings. The van der Waals surface area contributed by atoms with Crippen LogP contribution >= 0.6 is 0 Å². The van der Waals surface area contributed by atoms with Gasteiger partial charge in [-0.05, 0) is 38.0 Å². The SMILES string of the molecule is CCn1cc(C(=O)N[C@@H]2CC[C@H]3CCC[C@H]32)cn1. The molecule has 1 heterocycles. The lowest BCUT2D eigenvalue weighted by Gasteiger charge is -2.19. The molecule has 0 aliphatic heterocycles. The molecule has 1 aromatic heterocycles. The van der Waals surface area contributed by atoms with E-state index in [9.17, 15) is 4.79 Å². The third kappa shape index (κ3) is 2.04. The van der Waals surface area contributed by atoms with Crippen LogP contribution in [0.1, 0.15) is 49.4 Å². The van der Waals surface area contributed by atoms with E-state index >= 15 is 0 Å². The van der Waals surface area contributed by atoms with Gasteiger partial charge in [0.1, 0.15) is 0 Å². The van der Waals surface area contributed by atoms with Crippen molar-refractivity contribution in [2.75, 3.05) is 0 Å². The van der Waals surface area contributed by atoms with Crippen molar-refractivity contribution in [2.45, 2.75) is 51.6 Å². The molecular weight excluding hydrogens is 226 g/mol. The topological polar surface area (TPSA) is 46.9 Å². The van der Waals surface area contributed by atoms with Gasteiger partial charge in [0.05, 0.1) is 11.8 Å². The number of hydrogen-bond acceptors (Lipinski definition) is 2. The molecule has 2 aliphatic carbocycles. The zero-order valence-electron chi connectivity index (χ0n) is 10.9. The summed E-state index contributed by atoms with van der Waals surface area (Å²) < 4.78 is 1.79. The van der Waals surface area contributed by atoms with Crippen molar-refractivity contribution >= 4 is 5.91 Å². The van der Waals surface area contributed by atoms with Gasteiger partial charge < -0.3 is 5.32 Å². The fraction of sp³-hybridized carbons (Fsp3) is 0.714. The quantitative estimate of drug-likeness (QED) is 0.890. The number of nitrogens with zero attached hydrogens (tertiary/aromatic N) is 2. The Labute approximate surface area is 108 Å². The van der Waals surface area contributed by atoms with Gasteiger partial charge in [0.2, 0.25) is 0 Å². The summed E-state index contributed by atoms with van der Waals surface area (Å²) in [6.45, 7) is 2.83. The maximum atomic E-state index is 12.2. The normalized spacial score (nSPS) is 30.4. The molecule has 3 rings (SSSR count). The van der Waals surface area contributed by atoms with Crippen molar-refractivity contribution in [3.8, 4) is 0 Å². The fourth-order valence-corrected chi connectivity index (χ4v) is 3.65. The zero-order chi connectivity index (χ0) is 12.5. The van der Waals surface area contributed by atoms with E-state index in [1.165, 1.54) is 25.7 Å². The second-order valence-electron chi connectivity index (χ2n) is 5.60. The average molecular weight is 247 g/mol. The monoisotopic (exact) mass is 247 g/mol. The average Bonchev–Trinajstić information content (AvgIpc) is 3.05. The van der Waals surface area contributed by atoms with Gasteiger partial charge in [0.15, 0.2) is 0 Å². The predicted molar refractivity (Wildman–Crippen MR) is 69.2 cm³/mol. The maximum Gasteiger partial charge on any atom is 0.254 e. The number of fused-ring (bicyclic) bond motifs is 1. The molecule has 0 spiro atoms. The minimum atomic E-state index is 0.0484. The number of nitrogens with one attached hydrogen (secondary N) is 1. The molecule has 1 N–H and O–H groups in total. The van der Waals surface area contributed by atoms with Gasteiger partial charge in [-0.2, -0.15) is 5.10 Å². The van der Waals surface area contributed by atoms with Crippen LogP contribution < -0.4 is 5.32 Å². The second kappa shape index (κ2) is 4.75. The smallest absolute Gasteiger partial charge is 0.254 e. The fourth-order valence-electron chi connectivity index (χ4n) is 3.65. The van der Waals surface area contributed by atoms with Gasteiger partial charge in [-0.15, -0.1) is 0 Å². The van der Waals surface area contributed by atoms with Crippen molar-refractivity contribution < 1.29 is 4.79 Å². The molecule has 0 saturated heterocycles. The van der Waals surface area contributed by atoms with Crippen molar-refractivity contribution in [1.82, 2.24) is 15.1 Å². The van der Waals surface area contributed by atoms with Crippen molar-refractivity contribution in [2.24, 2.45) is 11.8 Å². The summed E-state index contributed by atoms with van der Waals surface area (Å²) in [6, 6.07) is 0.398. The molecule has 98 valence electrons. The van der Waals surface area contributed by atoms with E-state index in [0.717, 1.165) is 24.8 Å². The first-order valence-electron chi connectivity index (χ1n) is 7.11. The third-order valence-corrected chi connectivity index (χ3v) is 4.62. The van der Waals surface area contributed by atoms with Gasteiger partial charge >= 0.3 is 0 Å². The van der Waals surface area contributed by atoms with Gasteiger partial charge in [0.25, 0.3) is 5.91 Å². The lowest BCUT2D eigenvalue weighted by molar-refractivity contribution is 0.0926. The zero-order valence-corrected chi connectivity index (χ0v) is 10.9. The number of carbonyl (C=O) groups is 1. The Morgan fingerprint density at radius 2 is 2.33 bits per heavy atom. The molecule has 1 aromatic rings. The van der Waals surface area contributed by atoms with Crippen LogP contribution in [-0.2, 0) is 6.54 Å². The number of rotatable bonds is 3. The van der Waals surface area contributed by atoms with E-state index in [4.69, 9.17) is 0 Å². The number of aromatic nitrogens is 2. The summed E-state index contributed by atoms with van der Waals surface area (Å²) in [7, 11) is 0. The molecule has 2 fully saturated rings. The lowest BCUT2D eigenvalue weighted by atomic mass is 9.97. The van der Waals surface area contributed by atoms with Crippen LogP contribution in [0.5, 0.6) is 0 Å². The molecule has 4 nitrogen and oxygen atoms in total. The minimum absolute atomic E-state index is 0.0484. The highest BCUT2D eigenvalue weighted by Gasteiger charge is 2.39. The summed E-state index contributed by atoms with van der Waals surface area (Å²) in [5, 5.41) is 7.36. The van der Waals surface area contributed by atoms with Crippen LogP contribution in [0.15, 0.2) is 12.4 Å². The number of hydrogen-bond donors (Lipinski definition) is 1. The minimum Gasteiger partial charge on any atom is -0.349 e. The summed E-state index contributed by atoms with van der Waals surface area (Å²) >= 11 is 0. The van der Waals surface area contributed by atoms with Gasteiger partial charge in [-0.25, -0.2) is 0 Å². The van der Waals surface area contributed by atoms with Crippen LogP contribution in [0, 0.1) is 11.8 Å². The molecule has 0 bridgehead atoms. The Morgan fingerprint density at radius 1 is 1.44 bits per heavy atom. The maximum absolute atomic E-state index is 12.2. The van der Waals surface area contributed by atoms with E-state index in [1.54, 1.807) is 10.9 Å². The standard InChI is InChI=1S/C14H21N3O/c1-2-17-9-11(8-15-17)14(18)16-13-7-6-10-4-3-5-12(10)13/h8-10,12-13H,2-7H2,1H3,(H,16,18)/t10-,12-,13-/m1/s1. The predicted octanol–water partition coefficient (Wildman–Crippen LogP) is 2.21. The molecule has 18 heavy (non-hydrogen) atoms. The molecule has 0 radical (unpaired) electrons. The third-order valence-electron chi connectivity index (χ3n) is 4.62. The van der Waals surface area contributed by atoms with Crippen LogP contribution in [0.2, 0.25) is 0 Å². The van der Waals surface area contributed by atoms with Gasteiger partial charge in [-0.1, -0.05) is 12.8 Å². The molecule has 0 unspecified atom stereocenters. The van der Waals surface area contributed by atoms with Gasteiger partial charge in [0, 0.05) is 18.8 Å². The van der Waals surface area contributed by atoms with Gasteiger partial charge in [-0.3, -0.25) is 9.48 Å². The number of aryl methyl sites for hydroxylation is 1. The first-order valence-corrected chi connectivity index (χ1v) is 7.11. The Balaban J connectivity index is 1.64. The van der Waals surface area contributed by atoms with E-state index in [0.29, 0.717) is 11.6 Å². The van der Waals surface area contributed by atoms with Crippen LogP contribution in [0.25, 0.3) is 0 Å². The lowest BCUT2D eigenvalue weighted by Crippen LogP contribution is -2.37. The molecule has 1 amide bonds. The molecule has 3 atom stereocenters. The highest BCUT2D eigenvalue weighted by molar-refractivity contribution is 5.93. The first kappa shape index (κ1) is 11.8. The molecule has 4 heteroatoms. The molecular formula is C14H21N3O. The number of carbonyl (C=O) groups excluding carboxylic acids is 1. The summed E-state index contributed by atoms with van der Waals surface area (Å²) in [5.74, 6) is 1.65. The molecule has 2 saturated carbocycles. The largest absolute Gasteiger partial charge is 0.349 e. The second-order valence-corrected chi connectivity index (χ2v) is 5.60. The van der Waals surface area contributed by atoms with E-state index < -0.39 is 0 Å². The summed E-state index contributed by atoms with van der Waals surface area (Å²) in [4.78, 5) is 12.2. The Hall–Kier alpha value is -1.32. The summed E-state index contributed by atoms with van der Waals surface area (Å²) in [5.41, 5.74) is 0.693. The van der Waals surface area contributed by atoms with E-state index in [1.807, 2.05) is 13.1 Å². The Kier molecular flexibility index (Phi) is 3.10. The van der Waals surface area contributed by atoms with E-state index in [-0.39, 0.29) is 5.91 Å². The Morgan fingerprint density at radius 3 is 3.11 bits per heavy atom. The highest BCUT2D eigenvalue weighted by Crippen LogP contribution is 2.43. The molecule has 0 aromatic carbocycles. The summed E-state index contributed by atoms with van der Waals surface area (Å²) in [6.07, 6.45) is 9.95. The Bertz CT molecular complexity index is 440. The van der Waals surface area contributed by atoms with Crippen LogP contribution in [0.4, 0.5) is 0 Å². The first-order chi connectivity index (χ1) is 8.78. The van der Waals surface area contributed by atoms with Crippen molar-refractivity contribution in [3.63, 3.8) is 0 Å². The van der Waals surface area contributed by atoms with E-state index in [2.05, 4.69) is 10.4 Å². The number of amides is 1. The van der Waals surface area contributed by atoms with Crippen LogP contribution in [-0.4, -0.2) is 21.7 Å². The van der Waals surface area contributed by atoms with Crippen molar-refractivity contribution in [1.29, 1.82) is 0 Å². The highest BCUT2D eigenvalue weighted by atomic mass is 16.1. The van der Waals surface area contributed by atoms with Crippen LogP contribution in [0.3, 0.4) is 0 Å². The van der Waals surface area contributed by atoms with Crippen molar-refractivity contribution in [3.05, 3.63) is 18.0 Å².